The number of fused-ring (bicyclic) bond motifs is 1. The van der Waals surface area contributed by atoms with Gasteiger partial charge in [0, 0.05) is 36.8 Å². The predicted octanol–water partition coefficient (Wildman–Crippen LogP) is 6.85. The van der Waals surface area contributed by atoms with E-state index in [1.54, 1.807) is 11.0 Å². The number of benzene rings is 2. The van der Waals surface area contributed by atoms with Gasteiger partial charge in [0.2, 0.25) is 5.95 Å². The number of anilines is 1. The molecule has 8 nitrogen and oxygen atoms in total. The topological polar surface area (TPSA) is 103 Å². The predicted molar refractivity (Wildman–Crippen MR) is 168 cm³/mol. The number of aromatic nitrogens is 2. The first-order valence-electron chi connectivity index (χ1n) is 15.1. The number of rotatable bonds is 10. The molecule has 2 heterocycles. The Labute approximate surface area is 258 Å². The molecule has 0 bridgehead atoms. The molecule has 1 unspecified atom stereocenters. The third-order valence-corrected chi connectivity index (χ3v) is 8.26. The highest BCUT2D eigenvalue weighted by molar-refractivity contribution is 6.04. The second kappa shape index (κ2) is 13.7. The van der Waals surface area contributed by atoms with Gasteiger partial charge in [-0.3, -0.25) is 14.9 Å². The molecule has 0 aliphatic carbocycles. The van der Waals surface area contributed by atoms with Crippen LogP contribution in [0.5, 0.6) is 0 Å². The SMILES string of the molecule is CC(C)/C=C(\C#N)C(=O)N1CCCC1Cn1c(NC(=O)c2ccc(C(F)F)cc2)nc2cc(CN[C@@H](C)C(C)(C)C)ccc21. The van der Waals surface area contributed by atoms with Gasteiger partial charge in [-0.2, -0.15) is 5.26 Å². The van der Waals surface area contributed by atoms with E-state index in [1.807, 2.05) is 36.6 Å². The molecule has 0 spiro atoms. The van der Waals surface area contributed by atoms with Crippen LogP contribution in [0.4, 0.5) is 14.7 Å². The van der Waals surface area contributed by atoms with E-state index in [0.29, 0.717) is 31.1 Å². The van der Waals surface area contributed by atoms with Crippen molar-refractivity contribution in [3.63, 3.8) is 0 Å². The first-order valence-corrected chi connectivity index (χ1v) is 15.1. The van der Waals surface area contributed by atoms with Gasteiger partial charge < -0.3 is 14.8 Å². The Kier molecular flexibility index (Phi) is 10.2. The molecule has 10 heteroatoms. The maximum absolute atomic E-state index is 13.4. The number of hydrogen-bond donors (Lipinski definition) is 2. The lowest BCUT2D eigenvalue weighted by Gasteiger charge is -2.28. The Hall–Kier alpha value is -4.10. The largest absolute Gasteiger partial charge is 0.333 e. The minimum Gasteiger partial charge on any atom is -0.333 e. The molecule has 3 aromatic rings. The molecule has 4 rings (SSSR count). The summed E-state index contributed by atoms with van der Waals surface area (Å²) >= 11 is 0. The van der Waals surface area contributed by atoms with Crippen molar-refractivity contribution in [1.82, 2.24) is 19.8 Å². The Morgan fingerprint density at radius 1 is 1.14 bits per heavy atom. The minimum atomic E-state index is -2.62. The number of halogens is 2. The number of amides is 2. The van der Waals surface area contributed by atoms with Gasteiger partial charge in [-0.25, -0.2) is 13.8 Å². The molecule has 44 heavy (non-hydrogen) atoms. The van der Waals surface area contributed by atoms with Crippen molar-refractivity contribution in [3.8, 4) is 6.07 Å². The Bertz CT molecular complexity index is 1560. The number of allylic oxidation sites excluding steroid dienone is 1. The molecule has 1 aliphatic heterocycles. The fourth-order valence-corrected chi connectivity index (χ4v) is 5.24. The van der Waals surface area contributed by atoms with Crippen molar-refractivity contribution in [2.45, 2.75) is 86.0 Å². The molecule has 2 N–H and O–H groups in total. The van der Waals surface area contributed by atoms with Crippen LogP contribution in [-0.4, -0.2) is 44.9 Å². The van der Waals surface area contributed by atoms with Crippen molar-refractivity contribution in [3.05, 3.63) is 70.8 Å². The number of carbonyl (C=O) groups is 2. The van der Waals surface area contributed by atoms with E-state index in [1.165, 1.54) is 24.3 Å². The first-order chi connectivity index (χ1) is 20.8. The lowest BCUT2D eigenvalue weighted by atomic mass is 9.88. The summed E-state index contributed by atoms with van der Waals surface area (Å²) in [6.07, 6.45) is 0.593. The minimum absolute atomic E-state index is 0.0545. The zero-order valence-corrected chi connectivity index (χ0v) is 26.3. The van der Waals surface area contributed by atoms with Crippen molar-refractivity contribution in [1.29, 1.82) is 5.26 Å². The van der Waals surface area contributed by atoms with Gasteiger partial charge in [-0.1, -0.05) is 58.9 Å². The lowest BCUT2D eigenvalue weighted by molar-refractivity contribution is -0.127. The molecular weight excluding hydrogens is 562 g/mol. The van der Waals surface area contributed by atoms with Gasteiger partial charge in [-0.05, 0) is 60.9 Å². The number of imidazole rings is 1. The summed E-state index contributed by atoms with van der Waals surface area (Å²) in [7, 11) is 0. The van der Waals surface area contributed by atoms with Gasteiger partial charge in [0.25, 0.3) is 18.2 Å². The van der Waals surface area contributed by atoms with Crippen molar-refractivity contribution in [2.75, 3.05) is 11.9 Å². The van der Waals surface area contributed by atoms with E-state index in [9.17, 15) is 23.6 Å². The normalized spacial score (nSPS) is 16.5. The van der Waals surface area contributed by atoms with Crippen LogP contribution < -0.4 is 10.6 Å². The average molecular weight is 605 g/mol. The summed E-state index contributed by atoms with van der Waals surface area (Å²) in [5.41, 5.74) is 2.80. The molecule has 1 saturated heterocycles. The standard InChI is InChI=1S/C34H42F2N6O2/c1-21(2)16-26(18-37)32(44)41-15-7-8-27(41)20-42-29-14-9-23(19-38-22(3)34(4,5)6)17-28(29)39-33(42)40-31(43)25-12-10-24(11-13-25)30(35)36/h9-14,16-17,21-22,27,30,38H,7-8,15,19-20H2,1-6H3,(H,39,40,43)/b26-16+/t22-,27?/m0/s1. The maximum atomic E-state index is 13.4. The highest BCUT2D eigenvalue weighted by Gasteiger charge is 2.32. The van der Waals surface area contributed by atoms with Gasteiger partial charge in [0.1, 0.15) is 11.6 Å². The second-order valence-electron chi connectivity index (χ2n) is 12.9. The zero-order valence-electron chi connectivity index (χ0n) is 26.3. The van der Waals surface area contributed by atoms with E-state index in [-0.39, 0.29) is 46.0 Å². The van der Waals surface area contributed by atoms with E-state index in [0.717, 1.165) is 23.9 Å². The third-order valence-electron chi connectivity index (χ3n) is 8.26. The van der Waals surface area contributed by atoms with Crippen molar-refractivity contribution < 1.29 is 18.4 Å². The van der Waals surface area contributed by atoms with E-state index >= 15 is 0 Å². The summed E-state index contributed by atoms with van der Waals surface area (Å²) in [5.74, 6) is -0.416. The summed E-state index contributed by atoms with van der Waals surface area (Å²) in [6, 6.07) is 13.3. The van der Waals surface area contributed by atoms with E-state index < -0.39 is 12.3 Å². The van der Waals surface area contributed by atoms with Crippen LogP contribution in [0.25, 0.3) is 11.0 Å². The van der Waals surface area contributed by atoms with Crippen LogP contribution in [0, 0.1) is 22.7 Å². The average Bonchev–Trinajstić information content (AvgIpc) is 3.57. The highest BCUT2D eigenvalue weighted by atomic mass is 19.3. The van der Waals surface area contributed by atoms with Crippen LogP contribution in [0.3, 0.4) is 0 Å². The number of nitrogens with one attached hydrogen (secondary N) is 2. The van der Waals surface area contributed by atoms with Gasteiger partial charge >= 0.3 is 0 Å². The molecular formula is C34H42F2N6O2. The van der Waals surface area contributed by atoms with Crippen LogP contribution in [0.15, 0.2) is 54.1 Å². The highest BCUT2D eigenvalue weighted by Crippen LogP contribution is 2.28. The number of nitriles is 1. The van der Waals surface area contributed by atoms with Crippen molar-refractivity contribution >= 4 is 28.8 Å². The molecule has 2 atom stereocenters. The first kappa shape index (κ1) is 32.8. The lowest BCUT2D eigenvalue weighted by Crippen LogP contribution is -2.39. The molecule has 1 aliphatic rings. The number of nitrogens with zero attached hydrogens (tertiary/aromatic N) is 4. The third kappa shape index (κ3) is 7.69. The maximum Gasteiger partial charge on any atom is 0.264 e. The fraction of sp³-hybridized carbons (Fsp3) is 0.471. The second-order valence-corrected chi connectivity index (χ2v) is 12.9. The van der Waals surface area contributed by atoms with Crippen molar-refractivity contribution in [2.24, 2.45) is 11.3 Å². The number of hydrogen-bond acceptors (Lipinski definition) is 5. The quantitative estimate of drug-likeness (QED) is 0.195. The summed E-state index contributed by atoms with van der Waals surface area (Å²) < 4.78 is 28.0. The molecule has 1 aromatic heterocycles. The van der Waals surface area contributed by atoms with E-state index in [2.05, 4.69) is 44.4 Å². The van der Waals surface area contributed by atoms with Gasteiger partial charge in [0.05, 0.1) is 17.1 Å². The Morgan fingerprint density at radius 3 is 2.45 bits per heavy atom. The fourth-order valence-electron chi connectivity index (χ4n) is 5.24. The number of carbonyl (C=O) groups excluding carboxylic acids is 2. The van der Waals surface area contributed by atoms with Crippen LogP contribution in [0.2, 0.25) is 0 Å². The molecule has 1 fully saturated rings. The summed E-state index contributed by atoms with van der Waals surface area (Å²) in [6.45, 7) is 14.1. The number of likely N-dealkylation sites (tertiary alicyclic amines) is 1. The van der Waals surface area contributed by atoms with Gasteiger partial charge in [-0.15, -0.1) is 0 Å². The smallest absolute Gasteiger partial charge is 0.264 e. The van der Waals surface area contributed by atoms with Crippen LogP contribution in [-0.2, 0) is 17.9 Å². The molecule has 0 radical (unpaired) electrons. The number of alkyl halides is 2. The molecule has 2 aromatic carbocycles. The summed E-state index contributed by atoms with van der Waals surface area (Å²) in [4.78, 5) is 33.1. The van der Waals surface area contributed by atoms with E-state index in [4.69, 9.17) is 4.98 Å². The van der Waals surface area contributed by atoms with Crippen LogP contribution >= 0.6 is 0 Å². The van der Waals surface area contributed by atoms with Crippen LogP contribution in [0.1, 0.15) is 82.3 Å². The summed E-state index contributed by atoms with van der Waals surface area (Å²) in [5, 5.41) is 16.1. The molecule has 2 amide bonds. The zero-order chi connectivity index (χ0) is 32.2. The Morgan fingerprint density at radius 2 is 1.84 bits per heavy atom. The molecule has 234 valence electrons. The molecule has 0 saturated carbocycles. The monoisotopic (exact) mass is 604 g/mol. The Balaban J connectivity index is 1.67. The van der Waals surface area contributed by atoms with Gasteiger partial charge in [0.15, 0.2) is 0 Å².